The van der Waals surface area contributed by atoms with E-state index in [-0.39, 0.29) is 23.5 Å². The third-order valence-electron chi connectivity index (χ3n) is 9.24. The summed E-state index contributed by atoms with van der Waals surface area (Å²) in [7, 11) is 3.38. The molecule has 154 valence electrons. The number of benzene rings is 1. The fourth-order valence-electron chi connectivity index (χ4n) is 8.32. The van der Waals surface area contributed by atoms with Crippen LogP contribution in [0.1, 0.15) is 31.2 Å². The van der Waals surface area contributed by atoms with Crippen LogP contribution in [0.2, 0.25) is 0 Å². The zero-order valence-corrected chi connectivity index (χ0v) is 17.1. The Balaban J connectivity index is 1.51. The molecule has 0 aromatic heterocycles. The van der Waals surface area contributed by atoms with Crippen LogP contribution in [0.15, 0.2) is 12.1 Å². The van der Waals surface area contributed by atoms with Crippen molar-refractivity contribution in [2.45, 2.75) is 49.3 Å². The number of hydrogen-bond donors (Lipinski definition) is 0. The van der Waals surface area contributed by atoms with E-state index in [0.717, 1.165) is 37.4 Å². The molecule has 1 saturated carbocycles. The highest BCUT2D eigenvalue weighted by Crippen LogP contribution is 2.67. The normalized spacial score (nSPS) is 43.8. The average Bonchev–Trinajstić information content (AvgIpc) is 3.20. The van der Waals surface area contributed by atoms with Gasteiger partial charge in [-0.3, -0.25) is 9.69 Å². The predicted octanol–water partition coefficient (Wildman–Crippen LogP) is 2.19. The third kappa shape index (κ3) is 1.81. The number of nitrogens with zero attached hydrogens (tertiary/aromatic N) is 2. The topological polar surface area (TPSA) is 51.2 Å². The summed E-state index contributed by atoms with van der Waals surface area (Å²) >= 11 is 0. The van der Waals surface area contributed by atoms with Crippen LogP contribution < -0.4 is 14.4 Å². The predicted molar refractivity (Wildman–Crippen MR) is 107 cm³/mol. The number of methoxy groups -OCH3 is 2. The van der Waals surface area contributed by atoms with Gasteiger partial charge in [0, 0.05) is 36.6 Å². The number of ether oxygens (including phenoxy) is 3. The average molecular weight is 396 g/mol. The molecule has 5 heterocycles. The van der Waals surface area contributed by atoms with Gasteiger partial charge < -0.3 is 19.1 Å². The fraction of sp³-hybridized carbons (Fsp3) is 0.696. The standard InChI is InChI=1S/C23H28N2O4/c1-27-16-8-14-15(9-17(16)28-2)25-20(26)10-18-21-13-7-19-23(14,22(21)25)4-5-24(19)11-12(13)3-6-29-18/h8-9,12-13,18-19,21-22H,3-7,10-11H2,1-2H3/t12-,13+,18-,19-,21-,22+,23+/m1/s1. The highest BCUT2D eigenvalue weighted by atomic mass is 16.5. The highest BCUT2D eigenvalue weighted by Gasteiger charge is 2.71. The number of fused-ring (bicyclic) bond motifs is 2. The van der Waals surface area contributed by atoms with Crippen LogP contribution in [0.4, 0.5) is 5.69 Å². The first-order valence-electron chi connectivity index (χ1n) is 11.1. The lowest BCUT2D eigenvalue weighted by molar-refractivity contribution is -0.134. The van der Waals surface area contributed by atoms with E-state index in [1.807, 2.05) is 0 Å². The van der Waals surface area contributed by atoms with Gasteiger partial charge in [0.2, 0.25) is 5.91 Å². The lowest BCUT2D eigenvalue weighted by atomic mass is 9.52. The maximum atomic E-state index is 13.5. The van der Waals surface area contributed by atoms with E-state index in [1.165, 1.54) is 18.5 Å². The van der Waals surface area contributed by atoms with E-state index < -0.39 is 0 Å². The van der Waals surface area contributed by atoms with Crippen LogP contribution in [-0.2, 0) is 14.9 Å². The Hall–Kier alpha value is -1.79. The maximum absolute atomic E-state index is 13.5. The molecule has 29 heavy (non-hydrogen) atoms. The molecule has 1 aromatic rings. The molecule has 5 fully saturated rings. The van der Waals surface area contributed by atoms with Crippen molar-refractivity contribution in [1.82, 2.24) is 4.90 Å². The first-order valence-corrected chi connectivity index (χ1v) is 11.1. The molecule has 5 aliphatic heterocycles. The SMILES string of the molecule is COc1cc2c(cc1OC)[C@]13CCN4C[C@H]5CCO[C@@H]6CC(=O)N2[C@H]1[C@@H]6[C@H]5C[C@@H]43. The summed E-state index contributed by atoms with van der Waals surface area (Å²) < 4.78 is 17.7. The second kappa shape index (κ2) is 5.46. The molecular weight excluding hydrogens is 368 g/mol. The second-order valence-electron chi connectivity index (χ2n) is 9.87. The Morgan fingerprint density at radius 3 is 2.86 bits per heavy atom. The van der Waals surface area contributed by atoms with Gasteiger partial charge in [0.05, 0.1) is 38.5 Å². The molecule has 0 radical (unpaired) electrons. The van der Waals surface area contributed by atoms with Gasteiger partial charge in [-0.05, 0) is 49.3 Å². The van der Waals surface area contributed by atoms with Crippen molar-refractivity contribution in [3.05, 3.63) is 17.7 Å². The summed E-state index contributed by atoms with van der Waals surface area (Å²) in [6.45, 7) is 3.15. The van der Waals surface area contributed by atoms with E-state index in [4.69, 9.17) is 14.2 Å². The molecule has 1 spiro atoms. The van der Waals surface area contributed by atoms with Crippen LogP contribution in [0, 0.1) is 17.8 Å². The lowest BCUT2D eigenvalue weighted by Crippen LogP contribution is -2.70. The van der Waals surface area contributed by atoms with Crippen molar-refractivity contribution in [3.8, 4) is 11.5 Å². The van der Waals surface area contributed by atoms with E-state index in [0.29, 0.717) is 36.0 Å². The number of anilines is 1. The van der Waals surface area contributed by atoms with Gasteiger partial charge in [0.25, 0.3) is 0 Å². The molecular formula is C23H28N2O4. The number of amides is 1. The van der Waals surface area contributed by atoms with Crippen molar-refractivity contribution >= 4 is 11.6 Å². The van der Waals surface area contributed by atoms with Crippen molar-refractivity contribution < 1.29 is 19.0 Å². The van der Waals surface area contributed by atoms with Gasteiger partial charge >= 0.3 is 0 Å². The number of piperidine rings is 2. The largest absolute Gasteiger partial charge is 0.493 e. The first kappa shape index (κ1) is 16.9. The molecule has 0 unspecified atom stereocenters. The van der Waals surface area contributed by atoms with Crippen molar-refractivity contribution in [3.63, 3.8) is 0 Å². The summed E-state index contributed by atoms with van der Waals surface area (Å²) in [5.41, 5.74) is 2.37. The number of rotatable bonds is 2. The molecule has 6 aliphatic rings. The minimum absolute atomic E-state index is 0.00303. The Kier molecular flexibility index (Phi) is 3.19. The first-order chi connectivity index (χ1) is 14.2. The van der Waals surface area contributed by atoms with Crippen molar-refractivity contribution in [2.24, 2.45) is 17.8 Å². The Morgan fingerprint density at radius 2 is 2.03 bits per heavy atom. The zero-order valence-electron chi connectivity index (χ0n) is 17.1. The van der Waals surface area contributed by atoms with Gasteiger partial charge in [-0.1, -0.05) is 0 Å². The smallest absolute Gasteiger partial charge is 0.229 e. The molecule has 6 nitrogen and oxygen atoms in total. The molecule has 4 saturated heterocycles. The van der Waals surface area contributed by atoms with E-state index in [2.05, 4.69) is 21.9 Å². The quantitative estimate of drug-likeness (QED) is 0.767. The minimum atomic E-state index is 0.00303. The number of carbonyl (C=O) groups excluding carboxylic acids is 1. The highest BCUT2D eigenvalue weighted by molar-refractivity contribution is 5.99. The molecule has 2 bridgehead atoms. The zero-order chi connectivity index (χ0) is 19.5. The van der Waals surface area contributed by atoms with Crippen LogP contribution in [0.3, 0.4) is 0 Å². The van der Waals surface area contributed by atoms with E-state index >= 15 is 0 Å². The van der Waals surface area contributed by atoms with Crippen LogP contribution in [0.25, 0.3) is 0 Å². The van der Waals surface area contributed by atoms with E-state index in [9.17, 15) is 4.79 Å². The fourth-order valence-corrected chi connectivity index (χ4v) is 8.32. The van der Waals surface area contributed by atoms with E-state index in [1.54, 1.807) is 14.2 Å². The molecule has 7 rings (SSSR count). The van der Waals surface area contributed by atoms with Crippen LogP contribution in [-0.4, -0.2) is 62.9 Å². The Bertz CT molecular complexity index is 918. The molecule has 1 amide bonds. The van der Waals surface area contributed by atoms with Crippen LogP contribution >= 0.6 is 0 Å². The molecule has 7 atom stereocenters. The van der Waals surface area contributed by atoms with Crippen molar-refractivity contribution in [1.29, 1.82) is 0 Å². The monoisotopic (exact) mass is 396 g/mol. The summed E-state index contributed by atoms with van der Waals surface area (Å²) in [5.74, 6) is 3.54. The minimum Gasteiger partial charge on any atom is -0.493 e. The number of hydrogen-bond acceptors (Lipinski definition) is 5. The van der Waals surface area contributed by atoms with Gasteiger partial charge in [0.15, 0.2) is 11.5 Å². The van der Waals surface area contributed by atoms with Crippen LogP contribution in [0.5, 0.6) is 11.5 Å². The van der Waals surface area contributed by atoms with Gasteiger partial charge in [0.1, 0.15) is 0 Å². The lowest BCUT2D eigenvalue weighted by Gasteiger charge is -2.59. The number of carbonyl (C=O) groups is 1. The Labute approximate surface area is 171 Å². The summed E-state index contributed by atoms with van der Waals surface area (Å²) in [6, 6.07) is 4.98. The third-order valence-corrected chi connectivity index (χ3v) is 9.24. The summed E-state index contributed by atoms with van der Waals surface area (Å²) in [6.07, 6.45) is 4.12. The maximum Gasteiger partial charge on any atom is 0.229 e. The molecule has 0 N–H and O–H groups in total. The van der Waals surface area contributed by atoms with Crippen molar-refractivity contribution in [2.75, 3.05) is 38.8 Å². The molecule has 6 heteroatoms. The molecule has 1 aromatic carbocycles. The second-order valence-corrected chi connectivity index (χ2v) is 9.87. The molecule has 1 aliphatic carbocycles. The summed E-state index contributed by atoms with van der Waals surface area (Å²) in [4.78, 5) is 18.4. The summed E-state index contributed by atoms with van der Waals surface area (Å²) in [5, 5.41) is 0. The Morgan fingerprint density at radius 1 is 1.21 bits per heavy atom. The van der Waals surface area contributed by atoms with Gasteiger partial charge in [-0.2, -0.15) is 0 Å². The van der Waals surface area contributed by atoms with Gasteiger partial charge in [-0.15, -0.1) is 0 Å². The van der Waals surface area contributed by atoms with Gasteiger partial charge in [-0.25, -0.2) is 0 Å².